The molecular weight excluding hydrogens is 348 g/mol. The van der Waals surface area contributed by atoms with E-state index in [1.54, 1.807) is 13.2 Å². The zero-order valence-corrected chi connectivity index (χ0v) is 17.0. The van der Waals surface area contributed by atoms with E-state index in [2.05, 4.69) is 17.2 Å². The van der Waals surface area contributed by atoms with Gasteiger partial charge in [-0.25, -0.2) is 13.8 Å². The van der Waals surface area contributed by atoms with Crippen molar-refractivity contribution < 1.29 is 13.2 Å². The summed E-state index contributed by atoms with van der Waals surface area (Å²) in [4.78, 5) is 2.37. The van der Waals surface area contributed by atoms with Crippen molar-refractivity contribution in [1.82, 2.24) is 10.3 Å². The highest BCUT2D eigenvalue weighted by Crippen LogP contribution is 2.11. The maximum atomic E-state index is 11.9. The fraction of sp³-hybridized carbons (Fsp3) is 0.600. The Morgan fingerprint density at radius 1 is 0.962 bits per heavy atom. The highest BCUT2D eigenvalue weighted by Gasteiger charge is 2.03. The van der Waals surface area contributed by atoms with Gasteiger partial charge in [0.25, 0.3) is 0 Å². The van der Waals surface area contributed by atoms with Gasteiger partial charge in [-0.2, -0.15) is 0 Å². The van der Waals surface area contributed by atoms with Crippen molar-refractivity contribution in [3.05, 3.63) is 41.3 Å². The Labute approximate surface area is 159 Å². The molecule has 0 amide bonds. The molecule has 5 nitrogen and oxygen atoms in total. The smallest absolute Gasteiger partial charge is 0.246 e. The molecule has 6 heteroatoms. The summed E-state index contributed by atoms with van der Waals surface area (Å²) in [7, 11) is -1.83. The molecule has 1 aromatic carbocycles. The molecule has 2 N–H and O–H groups in total. The zero-order valence-electron chi connectivity index (χ0n) is 16.2. The number of methoxy groups -OCH3 is 1. The molecule has 1 rings (SSSR count). The first-order chi connectivity index (χ1) is 12.6. The van der Waals surface area contributed by atoms with Crippen LogP contribution in [0.1, 0.15) is 70.3 Å². The summed E-state index contributed by atoms with van der Waals surface area (Å²) in [5, 5.41) is 1.25. The fourth-order valence-corrected chi connectivity index (χ4v) is 3.34. The third-order valence-corrected chi connectivity index (χ3v) is 5.15. The largest absolute Gasteiger partial charge is 0.497 e. The molecule has 0 radical (unpaired) electrons. The van der Waals surface area contributed by atoms with Crippen LogP contribution in [0.4, 0.5) is 0 Å². The lowest BCUT2D eigenvalue weighted by atomic mass is 10.1. The Morgan fingerprint density at radius 3 is 2.19 bits per heavy atom. The second kappa shape index (κ2) is 13.8. The molecule has 0 aliphatic carbocycles. The minimum absolute atomic E-state index is 0.412. The highest BCUT2D eigenvalue weighted by atomic mass is 32.2. The summed E-state index contributed by atoms with van der Waals surface area (Å²) in [5.74, 6) is 0.776. The summed E-state index contributed by atoms with van der Waals surface area (Å²) in [6, 6.07) is 7.46. The van der Waals surface area contributed by atoms with Crippen LogP contribution in [0.5, 0.6) is 5.75 Å². The molecule has 1 aromatic rings. The molecule has 0 saturated carbocycles. The second-order valence-electron chi connectivity index (χ2n) is 6.48. The quantitative estimate of drug-likeness (QED) is 0.342. The van der Waals surface area contributed by atoms with Gasteiger partial charge in [-0.3, -0.25) is 0 Å². The molecule has 26 heavy (non-hydrogen) atoms. The average molecular weight is 383 g/mol. The first-order valence-corrected chi connectivity index (χ1v) is 11.2. The molecule has 0 aliphatic rings. The highest BCUT2D eigenvalue weighted by molar-refractivity contribution is 7.92. The minimum Gasteiger partial charge on any atom is -0.497 e. The number of allylic oxidation sites excluding steroid dienone is 1. The van der Waals surface area contributed by atoms with E-state index in [9.17, 15) is 8.42 Å². The van der Waals surface area contributed by atoms with Gasteiger partial charge in [0.15, 0.2) is 0 Å². The van der Waals surface area contributed by atoms with Crippen molar-refractivity contribution in [2.75, 3.05) is 7.11 Å². The Kier molecular flexibility index (Phi) is 12.0. The topological polar surface area (TPSA) is 67.4 Å². The van der Waals surface area contributed by atoms with Crippen LogP contribution in [-0.4, -0.2) is 15.5 Å². The van der Waals surface area contributed by atoms with E-state index in [1.807, 2.05) is 24.3 Å². The summed E-state index contributed by atoms with van der Waals surface area (Å²) >= 11 is 0. The van der Waals surface area contributed by atoms with Crippen LogP contribution in [0, 0.1) is 0 Å². The SMILES string of the molecule is CCCCCCCCCCC=CS(=O)(=O)NNCc1ccc(OC)cc1. The number of benzene rings is 1. The first-order valence-electron chi connectivity index (χ1n) is 9.61. The van der Waals surface area contributed by atoms with Gasteiger partial charge < -0.3 is 4.74 Å². The van der Waals surface area contributed by atoms with Gasteiger partial charge in [0, 0.05) is 12.0 Å². The summed E-state index contributed by atoms with van der Waals surface area (Å²) < 4.78 is 28.8. The van der Waals surface area contributed by atoms with Crippen LogP contribution < -0.4 is 15.0 Å². The van der Waals surface area contributed by atoms with Crippen LogP contribution in [-0.2, 0) is 16.6 Å². The molecular formula is C20H34N2O3S. The monoisotopic (exact) mass is 382 g/mol. The second-order valence-corrected chi connectivity index (χ2v) is 8.05. The van der Waals surface area contributed by atoms with Crippen molar-refractivity contribution in [2.24, 2.45) is 0 Å². The molecule has 0 saturated heterocycles. The number of nitrogens with one attached hydrogen (secondary N) is 2. The molecule has 148 valence electrons. The standard InChI is InChI=1S/C20H34N2O3S/c1-3-4-5-6-7-8-9-10-11-12-17-26(23,24)22-21-18-19-13-15-20(25-2)16-14-19/h12-17,21-22H,3-11,18H2,1-2H3. The van der Waals surface area contributed by atoms with Crippen LogP contribution in [0.2, 0.25) is 0 Å². The molecule has 0 unspecified atom stereocenters. The van der Waals surface area contributed by atoms with Gasteiger partial charge in [0.05, 0.1) is 7.11 Å². The van der Waals surface area contributed by atoms with E-state index in [-0.39, 0.29) is 0 Å². The van der Waals surface area contributed by atoms with Gasteiger partial charge in [0.2, 0.25) is 10.0 Å². The summed E-state index contributed by atoms with van der Waals surface area (Å²) in [6.45, 7) is 2.64. The number of hydrogen-bond donors (Lipinski definition) is 2. The van der Waals surface area contributed by atoms with Crippen molar-refractivity contribution in [3.8, 4) is 5.75 Å². The lowest BCUT2D eigenvalue weighted by molar-refractivity contribution is 0.414. The van der Waals surface area contributed by atoms with Gasteiger partial charge in [0.1, 0.15) is 5.75 Å². The molecule has 0 bridgehead atoms. The predicted molar refractivity (Wildman–Crippen MR) is 108 cm³/mol. The fourth-order valence-electron chi connectivity index (χ4n) is 2.61. The van der Waals surface area contributed by atoms with Crippen LogP contribution >= 0.6 is 0 Å². The maximum absolute atomic E-state index is 11.9. The van der Waals surface area contributed by atoms with E-state index in [4.69, 9.17) is 4.74 Å². The predicted octanol–water partition coefficient (Wildman–Crippen LogP) is 4.66. The van der Waals surface area contributed by atoms with Gasteiger partial charge in [-0.15, -0.1) is 4.83 Å². The third kappa shape index (κ3) is 11.3. The molecule has 0 aromatic heterocycles. The number of ether oxygens (including phenoxy) is 1. The molecule has 0 aliphatic heterocycles. The zero-order chi connectivity index (χ0) is 19.1. The van der Waals surface area contributed by atoms with E-state index < -0.39 is 10.0 Å². The van der Waals surface area contributed by atoms with E-state index in [1.165, 1.54) is 50.4 Å². The van der Waals surface area contributed by atoms with E-state index in [0.717, 1.165) is 24.2 Å². The normalized spacial score (nSPS) is 11.9. The van der Waals surface area contributed by atoms with Gasteiger partial charge in [-0.05, 0) is 30.5 Å². The van der Waals surface area contributed by atoms with Crippen molar-refractivity contribution in [2.45, 2.75) is 71.3 Å². The lowest BCUT2D eigenvalue weighted by Gasteiger charge is -2.06. The molecule has 0 heterocycles. The van der Waals surface area contributed by atoms with Crippen LogP contribution in [0.15, 0.2) is 35.7 Å². The third-order valence-electron chi connectivity index (χ3n) is 4.17. The number of sulfonamides is 1. The van der Waals surface area contributed by atoms with Crippen molar-refractivity contribution in [3.63, 3.8) is 0 Å². The average Bonchev–Trinajstić information content (AvgIpc) is 2.63. The van der Waals surface area contributed by atoms with E-state index in [0.29, 0.717) is 6.54 Å². The summed E-state index contributed by atoms with van der Waals surface area (Å²) in [5.41, 5.74) is 3.70. The van der Waals surface area contributed by atoms with Crippen LogP contribution in [0.25, 0.3) is 0 Å². The van der Waals surface area contributed by atoms with Gasteiger partial charge in [-0.1, -0.05) is 70.1 Å². The number of rotatable bonds is 15. The van der Waals surface area contributed by atoms with Crippen molar-refractivity contribution >= 4 is 10.0 Å². The van der Waals surface area contributed by atoms with Crippen molar-refractivity contribution in [1.29, 1.82) is 0 Å². The number of hydrogen-bond acceptors (Lipinski definition) is 4. The maximum Gasteiger partial charge on any atom is 0.246 e. The Morgan fingerprint density at radius 2 is 1.58 bits per heavy atom. The molecule has 0 spiro atoms. The Balaban J connectivity index is 2.11. The van der Waals surface area contributed by atoms with Crippen LogP contribution in [0.3, 0.4) is 0 Å². The first kappa shape index (κ1) is 22.7. The molecule has 0 fully saturated rings. The van der Waals surface area contributed by atoms with E-state index >= 15 is 0 Å². The Hall–Kier alpha value is -1.37. The number of unbranched alkanes of at least 4 members (excludes halogenated alkanes) is 8. The Bertz CT molecular complexity index is 598. The van der Waals surface area contributed by atoms with Gasteiger partial charge >= 0.3 is 0 Å². The molecule has 0 atom stereocenters. The summed E-state index contributed by atoms with van der Waals surface area (Å²) in [6.07, 6.45) is 12.5. The lowest BCUT2D eigenvalue weighted by Crippen LogP contribution is -2.35. The minimum atomic E-state index is -3.44. The number of hydrazine groups is 1.